The molecule has 2 heterocycles. The molecule has 1 aliphatic heterocycles. The van der Waals surface area contributed by atoms with Gasteiger partial charge >= 0.3 is 6.18 Å². The highest BCUT2D eigenvalue weighted by molar-refractivity contribution is 6.05. The largest absolute Gasteiger partial charge is 0.497 e. The molecule has 6 nitrogen and oxygen atoms in total. The number of rotatable bonds is 6. The minimum atomic E-state index is -4.75. The Labute approximate surface area is 207 Å². The van der Waals surface area contributed by atoms with Crippen LogP contribution in [-0.4, -0.2) is 36.9 Å². The summed E-state index contributed by atoms with van der Waals surface area (Å²) in [6.07, 6.45) is -2.82. The van der Waals surface area contributed by atoms with Crippen LogP contribution < -0.4 is 10.1 Å². The van der Waals surface area contributed by atoms with Crippen LogP contribution in [0.4, 0.5) is 18.9 Å². The number of likely N-dealkylation sites (tertiary alicyclic amines) is 1. The Morgan fingerprint density at radius 3 is 2.42 bits per heavy atom. The van der Waals surface area contributed by atoms with Gasteiger partial charge in [-0.1, -0.05) is 24.3 Å². The molecule has 4 rings (SSSR count). The lowest BCUT2D eigenvalue weighted by Crippen LogP contribution is -2.38. The highest BCUT2D eigenvalue weighted by Crippen LogP contribution is 2.35. The molecule has 190 valence electrons. The summed E-state index contributed by atoms with van der Waals surface area (Å²) in [6, 6.07) is 15.6. The van der Waals surface area contributed by atoms with E-state index in [1.54, 1.807) is 19.2 Å². The van der Waals surface area contributed by atoms with Gasteiger partial charge in [0.15, 0.2) is 0 Å². The third kappa shape index (κ3) is 5.90. The van der Waals surface area contributed by atoms with Crippen LogP contribution in [0.25, 0.3) is 0 Å². The Balaban J connectivity index is 1.32. The fourth-order valence-electron chi connectivity index (χ4n) is 4.46. The monoisotopic (exact) mass is 500 g/mol. The van der Waals surface area contributed by atoms with Crippen molar-refractivity contribution in [3.8, 4) is 5.75 Å². The fraction of sp³-hybridized carbons (Fsp3) is 0.333. The Morgan fingerprint density at radius 1 is 1.08 bits per heavy atom. The number of nitrogens with zero attached hydrogens (tertiary/aromatic N) is 1. The number of anilines is 1. The van der Waals surface area contributed by atoms with Crippen LogP contribution in [0.15, 0.2) is 59.0 Å². The zero-order valence-corrected chi connectivity index (χ0v) is 20.0. The molecule has 1 aromatic heterocycles. The van der Waals surface area contributed by atoms with Gasteiger partial charge in [-0.25, -0.2) is 0 Å². The third-order valence-corrected chi connectivity index (χ3v) is 6.33. The predicted molar refractivity (Wildman–Crippen MR) is 128 cm³/mol. The van der Waals surface area contributed by atoms with Gasteiger partial charge in [0.05, 0.1) is 19.1 Å². The average Bonchev–Trinajstić information content (AvgIpc) is 3.27. The molecule has 36 heavy (non-hydrogen) atoms. The van der Waals surface area contributed by atoms with Crippen LogP contribution in [0.5, 0.6) is 5.75 Å². The van der Waals surface area contributed by atoms with Crippen molar-refractivity contribution in [2.45, 2.75) is 38.3 Å². The number of piperidine rings is 1. The van der Waals surface area contributed by atoms with Crippen molar-refractivity contribution in [3.63, 3.8) is 0 Å². The van der Waals surface area contributed by atoms with Crippen LogP contribution in [0.3, 0.4) is 0 Å². The van der Waals surface area contributed by atoms with Crippen molar-refractivity contribution in [3.05, 3.63) is 82.8 Å². The van der Waals surface area contributed by atoms with Gasteiger partial charge in [-0.05, 0) is 67.1 Å². The normalized spacial score (nSPS) is 14.5. The van der Waals surface area contributed by atoms with Crippen molar-refractivity contribution in [1.29, 1.82) is 0 Å². The van der Waals surface area contributed by atoms with Crippen molar-refractivity contribution in [1.82, 2.24) is 4.90 Å². The van der Waals surface area contributed by atoms with E-state index in [2.05, 4.69) is 9.73 Å². The fourth-order valence-corrected chi connectivity index (χ4v) is 4.46. The van der Waals surface area contributed by atoms with Gasteiger partial charge < -0.3 is 19.4 Å². The first-order valence-corrected chi connectivity index (χ1v) is 11.6. The second-order valence-corrected chi connectivity index (χ2v) is 8.86. The molecule has 0 aliphatic carbocycles. The number of hydrogen-bond donors (Lipinski definition) is 1. The number of nitrogens with one attached hydrogen (secondary N) is 1. The average molecular weight is 501 g/mol. The molecule has 2 amide bonds. The van der Waals surface area contributed by atoms with E-state index in [0.29, 0.717) is 25.2 Å². The Morgan fingerprint density at radius 2 is 1.78 bits per heavy atom. The molecule has 1 N–H and O–H groups in total. The van der Waals surface area contributed by atoms with E-state index >= 15 is 0 Å². The number of halogens is 3. The van der Waals surface area contributed by atoms with E-state index in [-0.39, 0.29) is 17.6 Å². The van der Waals surface area contributed by atoms with E-state index in [1.165, 1.54) is 6.92 Å². The second-order valence-electron chi connectivity index (χ2n) is 8.86. The number of carbonyl (C=O) groups excluding carboxylic acids is 2. The first kappa shape index (κ1) is 25.3. The van der Waals surface area contributed by atoms with Crippen LogP contribution in [0.1, 0.15) is 51.8 Å². The lowest BCUT2D eigenvalue weighted by molar-refractivity contribution is -0.153. The van der Waals surface area contributed by atoms with Crippen molar-refractivity contribution < 1.29 is 31.9 Å². The van der Waals surface area contributed by atoms with Crippen LogP contribution in [0, 0.1) is 6.92 Å². The lowest BCUT2D eigenvalue weighted by atomic mass is 9.89. The van der Waals surface area contributed by atoms with Crippen LogP contribution >= 0.6 is 0 Å². The predicted octanol–water partition coefficient (Wildman–Crippen LogP) is 5.82. The molecule has 1 aliphatic rings. The molecule has 0 unspecified atom stereocenters. The SMILES string of the molecule is COc1cccc(CC(=O)N2CCC(c3ccc(NC(=O)c4cc(C)oc4C(F)(F)F)cc3)CC2)c1. The van der Waals surface area contributed by atoms with Gasteiger partial charge in [0.25, 0.3) is 5.91 Å². The van der Waals surface area contributed by atoms with Gasteiger partial charge in [-0.3, -0.25) is 9.59 Å². The van der Waals surface area contributed by atoms with E-state index in [0.717, 1.165) is 35.8 Å². The van der Waals surface area contributed by atoms with Gasteiger partial charge in [0.2, 0.25) is 11.7 Å². The third-order valence-electron chi connectivity index (χ3n) is 6.33. The topological polar surface area (TPSA) is 71.8 Å². The minimum Gasteiger partial charge on any atom is -0.497 e. The van der Waals surface area contributed by atoms with E-state index in [9.17, 15) is 22.8 Å². The quantitative estimate of drug-likeness (QED) is 0.463. The maximum absolute atomic E-state index is 13.1. The number of hydrogen-bond acceptors (Lipinski definition) is 4. The lowest BCUT2D eigenvalue weighted by Gasteiger charge is -2.32. The number of amides is 2. The van der Waals surface area contributed by atoms with Gasteiger partial charge in [-0.15, -0.1) is 0 Å². The van der Waals surface area contributed by atoms with E-state index < -0.39 is 23.4 Å². The van der Waals surface area contributed by atoms with Gasteiger partial charge in [0.1, 0.15) is 11.5 Å². The summed E-state index contributed by atoms with van der Waals surface area (Å²) < 4.78 is 49.3. The Hall–Kier alpha value is -3.75. The summed E-state index contributed by atoms with van der Waals surface area (Å²) in [5.41, 5.74) is 1.81. The Bertz CT molecular complexity index is 1230. The summed E-state index contributed by atoms with van der Waals surface area (Å²) in [4.78, 5) is 27.0. The van der Waals surface area contributed by atoms with E-state index in [4.69, 9.17) is 4.74 Å². The number of ether oxygens (including phenoxy) is 1. The molecular formula is C27H27F3N2O4. The molecule has 1 fully saturated rings. The van der Waals surface area contributed by atoms with Crippen LogP contribution in [0.2, 0.25) is 0 Å². The number of benzene rings is 2. The van der Waals surface area contributed by atoms with Crippen molar-refractivity contribution in [2.75, 3.05) is 25.5 Å². The van der Waals surface area contributed by atoms with Crippen LogP contribution in [-0.2, 0) is 17.4 Å². The summed E-state index contributed by atoms with van der Waals surface area (Å²) in [6.45, 7) is 2.65. The smallest absolute Gasteiger partial charge is 0.450 e. The summed E-state index contributed by atoms with van der Waals surface area (Å²) in [7, 11) is 1.59. The minimum absolute atomic E-state index is 0.0103. The van der Waals surface area contributed by atoms with Gasteiger partial charge in [0, 0.05) is 18.8 Å². The summed E-state index contributed by atoms with van der Waals surface area (Å²) in [5.74, 6) is -1.12. The highest BCUT2D eigenvalue weighted by Gasteiger charge is 2.40. The van der Waals surface area contributed by atoms with Crippen molar-refractivity contribution >= 4 is 17.5 Å². The number of carbonyl (C=O) groups is 2. The summed E-state index contributed by atoms with van der Waals surface area (Å²) >= 11 is 0. The first-order chi connectivity index (χ1) is 17.1. The van der Waals surface area contributed by atoms with Crippen molar-refractivity contribution in [2.24, 2.45) is 0 Å². The first-order valence-electron chi connectivity index (χ1n) is 11.6. The highest BCUT2D eigenvalue weighted by atomic mass is 19.4. The maximum atomic E-state index is 13.1. The zero-order valence-electron chi connectivity index (χ0n) is 20.0. The maximum Gasteiger partial charge on any atom is 0.450 e. The summed E-state index contributed by atoms with van der Waals surface area (Å²) in [5, 5.41) is 2.51. The molecule has 0 bridgehead atoms. The number of alkyl halides is 3. The molecule has 0 radical (unpaired) electrons. The van der Waals surface area contributed by atoms with Gasteiger partial charge in [-0.2, -0.15) is 13.2 Å². The van der Waals surface area contributed by atoms with E-state index in [1.807, 2.05) is 41.3 Å². The molecule has 2 aromatic carbocycles. The molecule has 3 aromatic rings. The zero-order chi connectivity index (χ0) is 25.9. The molecule has 0 saturated carbocycles. The molecule has 1 saturated heterocycles. The Kier molecular flexibility index (Phi) is 7.37. The molecule has 0 spiro atoms. The second kappa shape index (κ2) is 10.5. The molecular weight excluding hydrogens is 473 g/mol. The molecule has 0 atom stereocenters. The number of aryl methyl sites for hydroxylation is 1. The standard InChI is InChI=1S/C27H27F3N2O4/c1-17-14-23(25(36-17)27(28,29)30)26(34)31-21-8-6-19(7-9-21)20-10-12-32(13-11-20)24(33)16-18-4-3-5-22(15-18)35-2/h3-9,14-15,20H,10-13,16H2,1-2H3,(H,31,34). The molecule has 9 heteroatoms. The number of methoxy groups -OCH3 is 1. The number of furan rings is 1.